The normalized spacial score (nSPS) is 23.5. The Hall–Kier alpha value is -3.06. The summed E-state index contributed by atoms with van der Waals surface area (Å²) in [5.41, 5.74) is 1.29. The fourth-order valence-corrected chi connectivity index (χ4v) is 4.81. The summed E-state index contributed by atoms with van der Waals surface area (Å²) in [7, 11) is 1.68. The van der Waals surface area contributed by atoms with Crippen LogP contribution in [0.5, 0.6) is 5.75 Å². The van der Waals surface area contributed by atoms with Gasteiger partial charge in [0.25, 0.3) is 0 Å². The third-order valence-electron chi connectivity index (χ3n) is 6.72. The number of benzene rings is 1. The lowest BCUT2D eigenvalue weighted by atomic mass is 9.83. The van der Waals surface area contributed by atoms with Gasteiger partial charge in [-0.25, -0.2) is 9.59 Å². The molecule has 0 spiro atoms. The number of halogens is 3. The van der Waals surface area contributed by atoms with Gasteiger partial charge in [-0.2, -0.15) is 13.2 Å². The minimum atomic E-state index is -5.08. The smallest absolute Gasteiger partial charge is 0.490 e. The van der Waals surface area contributed by atoms with Crippen molar-refractivity contribution in [1.82, 2.24) is 20.4 Å². The zero-order valence-electron chi connectivity index (χ0n) is 20.6. The molecule has 0 radical (unpaired) electrons. The number of nitrogens with one attached hydrogen (secondary N) is 2. The molecule has 1 aromatic rings. The Kier molecular flexibility index (Phi) is 9.98. The van der Waals surface area contributed by atoms with Gasteiger partial charge in [0.2, 0.25) is 5.91 Å². The Bertz CT molecular complexity index is 930. The van der Waals surface area contributed by atoms with Crippen molar-refractivity contribution in [3.05, 3.63) is 29.8 Å². The Morgan fingerprint density at radius 3 is 2.54 bits per heavy atom. The van der Waals surface area contributed by atoms with E-state index in [4.69, 9.17) is 19.4 Å². The van der Waals surface area contributed by atoms with Crippen LogP contribution in [0, 0.1) is 11.8 Å². The Morgan fingerprint density at radius 2 is 1.95 bits per heavy atom. The van der Waals surface area contributed by atoms with E-state index in [2.05, 4.69) is 27.7 Å². The molecule has 0 aromatic heterocycles. The van der Waals surface area contributed by atoms with E-state index >= 15 is 0 Å². The number of piperidine rings is 1. The van der Waals surface area contributed by atoms with Crippen LogP contribution >= 0.6 is 0 Å². The summed E-state index contributed by atoms with van der Waals surface area (Å²) in [5.74, 6) is -0.921. The average molecular weight is 531 g/mol. The quantitative estimate of drug-likeness (QED) is 0.468. The van der Waals surface area contributed by atoms with Crippen molar-refractivity contribution in [1.29, 1.82) is 0 Å². The number of carboxylic acids is 1. The summed E-state index contributed by atoms with van der Waals surface area (Å²) in [6.45, 7) is 6.13. The Balaban J connectivity index is 0.000000479. The summed E-state index contributed by atoms with van der Waals surface area (Å²) in [6.07, 6.45) is -3.60. The number of urea groups is 1. The van der Waals surface area contributed by atoms with Crippen molar-refractivity contribution in [3.63, 3.8) is 0 Å². The monoisotopic (exact) mass is 530 g/mol. The second-order valence-corrected chi connectivity index (χ2v) is 9.24. The van der Waals surface area contributed by atoms with E-state index in [9.17, 15) is 22.8 Å². The van der Waals surface area contributed by atoms with Crippen molar-refractivity contribution < 1.29 is 42.1 Å². The third kappa shape index (κ3) is 8.49. The number of hydrogen-bond donors (Lipinski definition) is 3. The van der Waals surface area contributed by atoms with Gasteiger partial charge in [0.05, 0.1) is 26.2 Å². The maximum Gasteiger partial charge on any atom is 0.490 e. The summed E-state index contributed by atoms with van der Waals surface area (Å²) >= 11 is 0. The number of ether oxygens (including phenoxy) is 2. The zero-order valence-corrected chi connectivity index (χ0v) is 20.6. The number of amides is 3. The van der Waals surface area contributed by atoms with Crippen LogP contribution in [0.15, 0.2) is 24.3 Å². The molecule has 4 rings (SSSR count). The number of methoxy groups -OCH3 is 1. The molecule has 206 valence electrons. The zero-order chi connectivity index (χ0) is 27.0. The van der Waals surface area contributed by atoms with E-state index in [0.29, 0.717) is 44.4 Å². The molecule has 3 fully saturated rings. The van der Waals surface area contributed by atoms with Gasteiger partial charge in [-0.15, -0.1) is 0 Å². The first-order valence-electron chi connectivity index (χ1n) is 12.1. The molecular weight excluding hydrogens is 497 g/mol. The highest BCUT2D eigenvalue weighted by Crippen LogP contribution is 2.36. The first-order chi connectivity index (χ1) is 17.6. The largest absolute Gasteiger partial charge is 0.497 e. The van der Waals surface area contributed by atoms with Crippen molar-refractivity contribution in [2.75, 3.05) is 53.0 Å². The van der Waals surface area contributed by atoms with E-state index in [-0.39, 0.29) is 18.0 Å². The highest BCUT2D eigenvalue weighted by molar-refractivity contribution is 5.77. The minimum Gasteiger partial charge on any atom is -0.497 e. The maximum atomic E-state index is 12.4. The van der Waals surface area contributed by atoms with Crippen LogP contribution in [-0.4, -0.2) is 98.1 Å². The van der Waals surface area contributed by atoms with Crippen LogP contribution in [0.3, 0.4) is 0 Å². The number of fused-ring (bicyclic) bond motifs is 1. The standard InChI is InChI=1S/C22H32N4O4.C2HF3O2/c1-29-18-4-2-16(3-5-18)13-25-9-6-19-17(14-25)15-30-20(19)12-21(27)23-7-10-26-11-8-24-22(26)28;3-2(4,5)1(6)7/h2-5,17,19-20H,6-15H2,1H3,(H,23,27)(H,24,28);(H,6,7)/t17-,19-,20+;/m1./s1. The molecule has 0 saturated carbocycles. The van der Waals surface area contributed by atoms with Crippen LogP contribution in [0.1, 0.15) is 18.4 Å². The van der Waals surface area contributed by atoms with Crippen LogP contribution in [-0.2, 0) is 20.9 Å². The third-order valence-corrected chi connectivity index (χ3v) is 6.72. The summed E-state index contributed by atoms with van der Waals surface area (Å²) in [5, 5.41) is 12.8. The molecule has 37 heavy (non-hydrogen) atoms. The lowest BCUT2D eigenvalue weighted by Gasteiger charge is -2.35. The molecule has 3 atom stereocenters. The molecule has 3 N–H and O–H groups in total. The lowest BCUT2D eigenvalue weighted by Crippen LogP contribution is -2.42. The highest BCUT2D eigenvalue weighted by Gasteiger charge is 2.41. The van der Waals surface area contributed by atoms with Crippen molar-refractivity contribution in [2.24, 2.45) is 11.8 Å². The Labute approximate surface area is 213 Å². The molecular formula is C24H33F3N4O6. The number of likely N-dealkylation sites (tertiary alicyclic amines) is 1. The average Bonchev–Trinajstić information content (AvgIpc) is 3.45. The highest BCUT2D eigenvalue weighted by atomic mass is 19.4. The first kappa shape index (κ1) is 28.5. The molecule has 0 aliphatic carbocycles. The summed E-state index contributed by atoms with van der Waals surface area (Å²) < 4.78 is 43.0. The van der Waals surface area contributed by atoms with Crippen LogP contribution in [0.4, 0.5) is 18.0 Å². The fourth-order valence-electron chi connectivity index (χ4n) is 4.81. The second-order valence-electron chi connectivity index (χ2n) is 9.24. The van der Waals surface area contributed by atoms with Gasteiger partial charge in [0.1, 0.15) is 5.75 Å². The maximum absolute atomic E-state index is 12.4. The number of hydrogen-bond acceptors (Lipinski definition) is 6. The van der Waals surface area contributed by atoms with E-state index in [1.165, 1.54) is 5.56 Å². The van der Waals surface area contributed by atoms with Gasteiger partial charge in [0.15, 0.2) is 0 Å². The van der Waals surface area contributed by atoms with Gasteiger partial charge in [-0.1, -0.05) is 12.1 Å². The first-order valence-corrected chi connectivity index (χ1v) is 12.1. The van der Waals surface area contributed by atoms with Crippen molar-refractivity contribution in [3.8, 4) is 5.75 Å². The van der Waals surface area contributed by atoms with Gasteiger partial charge in [-0.05, 0) is 36.6 Å². The van der Waals surface area contributed by atoms with E-state index in [1.807, 2.05) is 12.1 Å². The van der Waals surface area contributed by atoms with Gasteiger partial charge in [-0.3, -0.25) is 9.69 Å². The number of rotatable bonds is 8. The number of nitrogens with zero attached hydrogens (tertiary/aromatic N) is 2. The molecule has 3 heterocycles. The van der Waals surface area contributed by atoms with Gasteiger partial charge < -0.3 is 30.1 Å². The van der Waals surface area contributed by atoms with Crippen molar-refractivity contribution in [2.45, 2.75) is 31.7 Å². The molecule has 1 aromatic carbocycles. The molecule has 0 unspecified atom stereocenters. The second kappa shape index (κ2) is 13.0. The number of alkyl halides is 3. The topological polar surface area (TPSA) is 120 Å². The SMILES string of the molecule is COc1ccc(CN2CC[C@@H]3[C@@H](CO[C@H]3CC(=O)NCCN3CCNC3=O)C2)cc1.O=C(O)C(F)(F)F. The number of carbonyl (C=O) groups is 3. The molecule has 3 saturated heterocycles. The van der Waals surface area contributed by atoms with Crippen LogP contribution in [0.25, 0.3) is 0 Å². The summed E-state index contributed by atoms with van der Waals surface area (Å²) in [4.78, 5) is 37.0. The van der Waals surface area contributed by atoms with Crippen LogP contribution in [0.2, 0.25) is 0 Å². The molecule has 13 heteroatoms. The molecule has 3 amide bonds. The molecule has 3 aliphatic rings. The number of carbonyl (C=O) groups excluding carboxylic acids is 2. The van der Waals surface area contributed by atoms with E-state index in [1.54, 1.807) is 12.0 Å². The molecule has 3 aliphatic heterocycles. The molecule has 10 nitrogen and oxygen atoms in total. The van der Waals surface area contributed by atoms with Crippen LogP contribution < -0.4 is 15.4 Å². The summed E-state index contributed by atoms with van der Waals surface area (Å²) in [6, 6.07) is 8.20. The Morgan fingerprint density at radius 1 is 1.24 bits per heavy atom. The fraction of sp³-hybridized carbons (Fsp3) is 0.625. The lowest BCUT2D eigenvalue weighted by molar-refractivity contribution is -0.192. The number of carboxylic acid groups (broad SMARTS) is 1. The predicted octanol–water partition coefficient (Wildman–Crippen LogP) is 1.70. The molecule has 0 bridgehead atoms. The van der Waals surface area contributed by atoms with Crippen molar-refractivity contribution >= 4 is 17.9 Å². The predicted molar refractivity (Wildman–Crippen MR) is 126 cm³/mol. The van der Waals surface area contributed by atoms with Gasteiger partial charge in [0, 0.05) is 45.2 Å². The van der Waals surface area contributed by atoms with Gasteiger partial charge >= 0.3 is 18.2 Å². The van der Waals surface area contributed by atoms with E-state index < -0.39 is 12.1 Å². The number of aliphatic carboxylic acids is 1. The minimum absolute atomic E-state index is 0.00761. The van der Waals surface area contributed by atoms with E-state index in [0.717, 1.165) is 38.4 Å².